The fourth-order valence-electron chi connectivity index (χ4n) is 5.08. The van der Waals surface area contributed by atoms with E-state index in [9.17, 15) is 9.50 Å². The number of aromatic hydroxyl groups is 1. The summed E-state index contributed by atoms with van der Waals surface area (Å²) in [6.45, 7) is 4.71. The lowest BCUT2D eigenvalue weighted by Gasteiger charge is -2.37. The van der Waals surface area contributed by atoms with Gasteiger partial charge in [-0.3, -0.25) is 19.4 Å². The topological polar surface area (TPSA) is 83.5 Å². The van der Waals surface area contributed by atoms with E-state index in [2.05, 4.69) is 28.1 Å². The molecule has 1 fully saturated rings. The van der Waals surface area contributed by atoms with Gasteiger partial charge in [-0.25, -0.2) is 0 Å². The van der Waals surface area contributed by atoms with Crippen LogP contribution in [-0.4, -0.2) is 58.1 Å². The monoisotopic (exact) mass is 486 g/mol. The number of allylic oxidation sites excluding steroid dienone is 1. The molecule has 0 radical (unpaired) electrons. The second-order valence-electron chi connectivity index (χ2n) is 9.40. The van der Waals surface area contributed by atoms with Crippen molar-refractivity contribution < 1.29 is 19.0 Å². The molecule has 1 atom stereocenters. The summed E-state index contributed by atoms with van der Waals surface area (Å²) in [7, 11) is 0. The minimum Gasteiger partial charge on any atom is -0.508 e. The number of nitrogens with zero attached hydrogens (tertiary/aromatic N) is 3. The number of rotatable bonds is 7. The number of ether oxygens (including phenoxy) is 2. The van der Waals surface area contributed by atoms with E-state index < -0.39 is 6.10 Å². The summed E-state index contributed by atoms with van der Waals surface area (Å²) >= 11 is 0. The highest BCUT2D eigenvalue weighted by Crippen LogP contribution is 2.48. The van der Waals surface area contributed by atoms with E-state index in [0.717, 1.165) is 58.5 Å². The Bertz CT molecular complexity index is 1430. The Morgan fingerprint density at radius 1 is 1.14 bits per heavy atom. The van der Waals surface area contributed by atoms with Crippen molar-refractivity contribution in [2.24, 2.45) is 5.92 Å². The number of nitrogens with one attached hydrogen (secondary N) is 1. The third-order valence-electron chi connectivity index (χ3n) is 7.01. The van der Waals surface area contributed by atoms with Gasteiger partial charge in [0.1, 0.15) is 23.9 Å². The van der Waals surface area contributed by atoms with Crippen molar-refractivity contribution in [2.75, 3.05) is 32.9 Å². The molecule has 2 aliphatic heterocycles. The summed E-state index contributed by atoms with van der Waals surface area (Å²) in [6, 6.07) is 15.1. The van der Waals surface area contributed by atoms with Crippen molar-refractivity contribution in [3.8, 4) is 17.2 Å². The van der Waals surface area contributed by atoms with Gasteiger partial charge in [0, 0.05) is 48.1 Å². The van der Waals surface area contributed by atoms with Crippen LogP contribution in [0.4, 0.5) is 4.39 Å². The van der Waals surface area contributed by atoms with Crippen LogP contribution in [-0.2, 0) is 0 Å². The van der Waals surface area contributed by atoms with E-state index in [1.165, 1.54) is 0 Å². The second kappa shape index (κ2) is 9.28. The summed E-state index contributed by atoms with van der Waals surface area (Å²) in [5, 5.41) is 18.4. The largest absolute Gasteiger partial charge is 0.508 e. The van der Waals surface area contributed by atoms with Crippen LogP contribution in [0.15, 0.2) is 60.9 Å². The Morgan fingerprint density at radius 3 is 2.83 bits per heavy atom. The average molecular weight is 487 g/mol. The first-order chi connectivity index (χ1) is 17.6. The number of aromatic amines is 1. The van der Waals surface area contributed by atoms with Crippen LogP contribution < -0.4 is 9.47 Å². The Kier molecular flexibility index (Phi) is 5.81. The first-order valence-electron chi connectivity index (χ1n) is 12.1. The molecule has 36 heavy (non-hydrogen) atoms. The zero-order valence-electron chi connectivity index (χ0n) is 19.9. The summed E-state index contributed by atoms with van der Waals surface area (Å²) in [6.07, 6.45) is 3.06. The molecule has 8 heteroatoms. The maximum absolute atomic E-state index is 12.6. The van der Waals surface area contributed by atoms with Crippen LogP contribution in [0.2, 0.25) is 0 Å². The fraction of sp³-hybridized carbons (Fsp3) is 0.286. The van der Waals surface area contributed by atoms with Crippen molar-refractivity contribution >= 4 is 22.0 Å². The van der Waals surface area contributed by atoms with Gasteiger partial charge < -0.3 is 14.6 Å². The summed E-state index contributed by atoms with van der Waals surface area (Å²) in [5.41, 5.74) is 5.69. The smallest absolute Gasteiger partial charge is 0.166 e. The Morgan fingerprint density at radius 2 is 2.03 bits per heavy atom. The molecule has 1 saturated heterocycles. The third-order valence-corrected chi connectivity index (χ3v) is 7.01. The van der Waals surface area contributed by atoms with Gasteiger partial charge in [0.15, 0.2) is 6.10 Å². The highest BCUT2D eigenvalue weighted by molar-refractivity contribution is 6.02. The van der Waals surface area contributed by atoms with Gasteiger partial charge >= 0.3 is 0 Å². The van der Waals surface area contributed by atoms with Gasteiger partial charge in [-0.2, -0.15) is 5.10 Å². The Labute approximate surface area is 208 Å². The van der Waals surface area contributed by atoms with E-state index in [1.54, 1.807) is 18.3 Å². The van der Waals surface area contributed by atoms with E-state index in [1.807, 2.05) is 36.5 Å². The van der Waals surface area contributed by atoms with Gasteiger partial charge in [-0.15, -0.1) is 0 Å². The zero-order chi connectivity index (χ0) is 24.6. The Hall–Kier alpha value is -3.91. The highest BCUT2D eigenvalue weighted by Gasteiger charge is 2.31. The molecule has 0 bridgehead atoms. The normalized spacial score (nSPS) is 18.1. The number of aromatic nitrogens is 3. The predicted octanol–water partition coefficient (Wildman–Crippen LogP) is 5.01. The number of phenols is 1. The number of pyridine rings is 1. The number of H-pyrrole nitrogens is 1. The molecule has 2 aliphatic rings. The highest BCUT2D eigenvalue weighted by atomic mass is 19.1. The molecule has 0 spiro atoms. The number of halogens is 1. The van der Waals surface area contributed by atoms with E-state index in [4.69, 9.17) is 14.5 Å². The molecule has 2 N–H and O–H groups in total. The number of benzene rings is 2. The van der Waals surface area contributed by atoms with Crippen LogP contribution in [0.5, 0.6) is 17.2 Å². The lowest BCUT2D eigenvalue weighted by molar-refractivity contribution is 0.0668. The molecular formula is C28H27FN4O3. The number of alkyl halides is 1. The van der Waals surface area contributed by atoms with Crippen LogP contribution in [0, 0.1) is 5.92 Å². The number of hydrogen-bond acceptors (Lipinski definition) is 6. The minimum absolute atomic E-state index is 0.150. The molecule has 4 aromatic rings. The van der Waals surface area contributed by atoms with Crippen molar-refractivity contribution in [3.05, 3.63) is 77.7 Å². The second-order valence-corrected chi connectivity index (χ2v) is 9.40. The predicted molar refractivity (Wildman–Crippen MR) is 136 cm³/mol. The SMILES string of the molecule is CC1=C(c2cccc3[nH]ncc23)C(c2ccc(OCCN3CC(CF)C3)cn2)Oc2cc(O)ccc21. The van der Waals surface area contributed by atoms with Crippen LogP contribution in [0.25, 0.3) is 22.0 Å². The standard InChI is InChI=1S/C28H27FN4O3/c1-17-21-7-5-19(34)11-26(21)36-28(27(17)22-3-2-4-24-23(22)14-31-32-24)25-8-6-20(13-30-25)35-10-9-33-15-18(12-29)16-33/h2-8,11,13-14,18,28,34H,9-10,12,15-16H2,1H3,(H,31,32). The molecule has 0 amide bonds. The molecule has 2 aromatic carbocycles. The van der Waals surface area contributed by atoms with Crippen molar-refractivity contribution in [1.29, 1.82) is 0 Å². The van der Waals surface area contributed by atoms with Crippen molar-refractivity contribution in [3.63, 3.8) is 0 Å². The summed E-state index contributed by atoms with van der Waals surface area (Å²) in [4.78, 5) is 6.89. The quantitative estimate of drug-likeness (QED) is 0.382. The van der Waals surface area contributed by atoms with Crippen molar-refractivity contribution in [2.45, 2.75) is 13.0 Å². The maximum Gasteiger partial charge on any atom is 0.166 e. The molecule has 7 nitrogen and oxygen atoms in total. The third kappa shape index (κ3) is 4.07. The summed E-state index contributed by atoms with van der Waals surface area (Å²) < 4.78 is 25.0. The minimum atomic E-state index is -0.479. The van der Waals surface area contributed by atoms with E-state index in [-0.39, 0.29) is 18.3 Å². The van der Waals surface area contributed by atoms with Crippen LogP contribution in [0.3, 0.4) is 0 Å². The van der Waals surface area contributed by atoms with Crippen LogP contribution in [0.1, 0.15) is 29.8 Å². The van der Waals surface area contributed by atoms with Crippen molar-refractivity contribution in [1.82, 2.24) is 20.1 Å². The average Bonchev–Trinajstić information content (AvgIpc) is 3.35. The number of hydrogen-bond donors (Lipinski definition) is 2. The molecule has 0 saturated carbocycles. The van der Waals surface area contributed by atoms with Crippen LogP contribution >= 0.6 is 0 Å². The van der Waals surface area contributed by atoms with E-state index >= 15 is 0 Å². The van der Waals surface area contributed by atoms with Gasteiger partial charge in [0.05, 0.1) is 30.3 Å². The zero-order valence-corrected chi connectivity index (χ0v) is 19.9. The number of phenolic OH excluding ortho intramolecular Hbond substituents is 1. The fourth-order valence-corrected chi connectivity index (χ4v) is 5.08. The first kappa shape index (κ1) is 22.5. The van der Waals surface area contributed by atoms with Gasteiger partial charge in [0.2, 0.25) is 0 Å². The Balaban J connectivity index is 1.30. The van der Waals surface area contributed by atoms with Gasteiger partial charge in [-0.05, 0) is 48.4 Å². The number of likely N-dealkylation sites (tertiary alicyclic amines) is 1. The molecule has 2 aromatic heterocycles. The molecule has 4 heterocycles. The molecule has 184 valence electrons. The summed E-state index contributed by atoms with van der Waals surface area (Å²) in [5.74, 6) is 1.61. The maximum atomic E-state index is 12.6. The molecule has 0 aliphatic carbocycles. The molecular weight excluding hydrogens is 459 g/mol. The van der Waals surface area contributed by atoms with Gasteiger partial charge in [0.25, 0.3) is 0 Å². The lowest BCUT2D eigenvalue weighted by Crippen LogP contribution is -2.49. The molecule has 6 rings (SSSR count). The number of fused-ring (bicyclic) bond motifs is 2. The van der Waals surface area contributed by atoms with Gasteiger partial charge in [-0.1, -0.05) is 12.1 Å². The molecule has 1 unspecified atom stereocenters. The van der Waals surface area contributed by atoms with E-state index in [0.29, 0.717) is 18.1 Å². The lowest BCUT2D eigenvalue weighted by atomic mass is 9.86. The first-order valence-corrected chi connectivity index (χ1v) is 12.1.